The molecule has 3 aliphatic rings. The molecule has 286 valence electrons. The number of rotatable bonds is 3. The van der Waals surface area contributed by atoms with Gasteiger partial charge in [0.2, 0.25) is 0 Å². The van der Waals surface area contributed by atoms with Crippen LogP contribution < -0.4 is 24.8 Å². The quantitative estimate of drug-likeness (QED) is 0.163. The Morgan fingerprint density at radius 1 is 0.691 bits per heavy atom. The van der Waals surface area contributed by atoms with Gasteiger partial charge in [0.25, 0.3) is 0 Å². The first kappa shape index (κ1) is 44.8. The van der Waals surface area contributed by atoms with Gasteiger partial charge < -0.3 is 24.8 Å². The number of benzene rings is 4. The van der Waals surface area contributed by atoms with E-state index in [1.165, 1.54) is 122 Å². The van der Waals surface area contributed by atoms with Crippen molar-refractivity contribution in [2.75, 3.05) is 0 Å². The number of allylic oxidation sites excluding steroid dienone is 4. The van der Waals surface area contributed by atoms with Crippen molar-refractivity contribution in [2.24, 2.45) is 0 Å². The molecular weight excluding hydrogens is 787 g/mol. The summed E-state index contributed by atoms with van der Waals surface area (Å²) in [5.74, 6) is 0. The molecule has 0 nitrogen and oxygen atoms in total. The molecule has 0 aromatic heterocycles. The van der Waals surface area contributed by atoms with E-state index in [1.54, 1.807) is 0 Å². The molecule has 3 heteroatoms. The van der Waals surface area contributed by atoms with Crippen LogP contribution in [0.1, 0.15) is 142 Å². The Labute approximate surface area is 360 Å². The van der Waals surface area contributed by atoms with E-state index < -0.39 is 0 Å². The molecule has 0 amide bonds. The van der Waals surface area contributed by atoms with Gasteiger partial charge in [-0.1, -0.05) is 105 Å². The minimum atomic E-state index is 0. The zero-order valence-corrected chi connectivity index (χ0v) is 39.3. The van der Waals surface area contributed by atoms with Crippen molar-refractivity contribution in [1.29, 1.82) is 0 Å². The summed E-state index contributed by atoms with van der Waals surface area (Å²) in [6.07, 6.45) is 8.29. The third kappa shape index (κ3) is 9.28. The Morgan fingerprint density at radius 3 is 1.65 bits per heavy atom. The molecule has 0 heterocycles. The van der Waals surface area contributed by atoms with E-state index in [-0.39, 0.29) is 35.6 Å². The fourth-order valence-electron chi connectivity index (χ4n) is 8.59. The molecule has 0 spiro atoms. The molecule has 3 aliphatic carbocycles. The maximum Gasteiger partial charge on any atom is -1.00 e. The van der Waals surface area contributed by atoms with Gasteiger partial charge in [0, 0.05) is 5.41 Å². The average molecular weight is 845 g/mol. The molecule has 8 rings (SSSR count). The van der Waals surface area contributed by atoms with Crippen molar-refractivity contribution in [1.82, 2.24) is 0 Å². The van der Waals surface area contributed by atoms with Gasteiger partial charge in [-0.2, -0.15) is 28.3 Å². The third-order valence-electron chi connectivity index (χ3n) is 11.4. The zero-order chi connectivity index (χ0) is 38.6. The van der Waals surface area contributed by atoms with Crippen molar-refractivity contribution in [3.63, 3.8) is 0 Å². The summed E-state index contributed by atoms with van der Waals surface area (Å²) in [4.78, 5) is 0. The molecule has 55 heavy (non-hydrogen) atoms. The second kappa shape index (κ2) is 16.9. The molecule has 0 radical (unpaired) electrons. The zero-order valence-electron chi connectivity index (χ0n) is 35.3. The van der Waals surface area contributed by atoms with E-state index in [9.17, 15) is 0 Å². The largest absolute Gasteiger partial charge is 1.00 e. The van der Waals surface area contributed by atoms with Gasteiger partial charge in [-0.05, 0) is 58.4 Å². The Kier molecular flexibility index (Phi) is 13.7. The van der Waals surface area contributed by atoms with Crippen LogP contribution in [0.4, 0.5) is 0 Å². The van der Waals surface area contributed by atoms with E-state index in [4.69, 9.17) is 0 Å². The molecule has 5 aromatic carbocycles. The standard InChI is InChI=1S/C25H25.C15H14.C12H19.2ClH.Zr/c1-14-12-24(3,4)22-8-16-7-17-9-23-19(15(2)13-25(23,5)6)11-21(17)20(16)10-18(14)22;1-12-3-7-14(8-4-12)11-15-9-5-13(2)6-10-15;1-6-10-7-9(2)8-11(10)12(3,4)5;;;/h8-12H,7H2,1-6H3;3-10H,1-2H3;7-8H,6H2,1-5H3;2*1H;/q-1;;-1;;;+2/p-2. The predicted molar refractivity (Wildman–Crippen MR) is 227 cm³/mol. The first-order valence-corrected chi connectivity index (χ1v) is 20.7. The van der Waals surface area contributed by atoms with Crippen LogP contribution in [0.5, 0.6) is 0 Å². The summed E-state index contributed by atoms with van der Waals surface area (Å²) >= 11 is 1.46. The molecule has 0 fully saturated rings. The summed E-state index contributed by atoms with van der Waals surface area (Å²) < 4.78 is 1.42. The molecule has 0 atom stereocenters. The van der Waals surface area contributed by atoms with Crippen molar-refractivity contribution < 1.29 is 49.0 Å². The Morgan fingerprint density at radius 2 is 1.18 bits per heavy atom. The van der Waals surface area contributed by atoms with Crippen LogP contribution in [0.15, 0.2) is 91.0 Å². The smallest absolute Gasteiger partial charge is 1.00 e. The van der Waals surface area contributed by atoms with E-state index in [1.807, 2.05) is 0 Å². The first-order chi connectivity index (χ1) is 24.8. The van der Waals surface area contributed by atoms with Gasteiger partial charge in [-0.15, -0.1) is 11.6 Å². The van der Waals surface area contributed by atoms with Crippen LogP contribution in [0.25, 0.3) is 22.3 Å². The monoisotopic (exact) mass is 842 g/mol. The molecule has 0 unspecified atom stereocenters. The molecule has 0 saturated heterocycles. The summed E-state index contributed by atoms with van der Waals surface area (Å²) in [5, 5.41) is 0. The summed E-state index contributed by atoms with van der Waals surface area (Å²) in [5.41, 5.74) is 24.6. The topological polar surface area (TPSA) is 0 Å². The van der Waals surface area contributed by atoms with Gasteiger partial charge in [0.15, 0.2) is 0 Å². The first-order valence-electron chi connectivity index (χ1n) is 19.5. The van der Waals surface area contributed by atoms with Crippen molar-refractivity contribution in [3.05, 3.63) is 169 Å². The van der Waals surface area contributed by atoms with Crippen molar-refractivity contribution in [2.45, 2.75) is 119 Å². The second-order valence-electron chi connectivity index (χ2n) is 17.9. The normalized spacial score (nSPS) is 15.0. The van der Waals surface area contributed by atoms with Crippen LogP contribution in [-0.4, -0.2) is 3.21 Å². The fraction of sp³-hybridized carbons (Fsp3) is 0.346. The van der Waals surface area contributed by atoms with E-state index >= 15 is 0 Å². The van der Waals surface area contributed by atoms with Crippen LogP contribution in [0.3, 0.4) is 0 Å². The van der Waals surface area contributed by atoms with Crippen LogP contribution in [-0.2, 0) is 53.3 Å². The van der Waals surface area contributed by atoms with Crippen molar-refractivity contribution >= 4 is 14.4 Å². The number of hydrogen-bond donors (Lipinski definition) is 0. The molecule has 0 N–H and O–H groups in total. The van der Waals surface area contributed by atoms with Crippen LogP contribution in [0.2, 0.25) is 0 Å². The molecule has 0 aliphatic heterocycles. The van der Waals surface area contributed by atoms with Gasteiger partial charge in [0.1, 0.15) is 0 Å². The summed E-state index contributed by atoms with van der Waals surface area (Å²) in [7, 11) is 0. The van der Waals surface area contributed by atoms with Crippen LogP contribution in [0, 0.1) is 26.8 Å². The maximum absolute atomic E-state index is 3.65. The van der Waals surface area contributed by atoms with E-state index in [2.05, 4.69) is 187 Å². The minimum absolute atomic E-state index is 0. The molecule has 5 aromatic rings. The Hall–Kier alpha value is -2.96. The predicted octanol–water partition coefficient (Wildman–Crippen LogP) is 7.45. The van der Waals surface area contributed by atoms with E-state index in [0.29, 0.717) is 5.41 Å². The maximum atomic E-state index is 3.65. The number of aryl methyl sites for hydroxylation is 4. The molecular formula is C52H58Cl2Zr-2. The molecule has 0 saturated carbocycles. The summed E-state index contributed by atoms with van der Waals surface area (Å²) in [6.45, 7) is 29.2. The Balaban J connectivity index is 0.000000195. The second-order valence-corrected chi connectivity index (χ2v) is 19.1. The minimum Gasteiger partial charge on any atom is -1.00 e. The van der Waals surface area contributed by atoms with E-state index in [0.717, 1.165) is 12.8 Å². The van der Waals surface area contributed by atoms with Gasteiger partial charge in [0.05, 0.1) is 0 Å². The van der Waals surface area contributed by atoms with Crippen molar-refractivity contribution in [3.8, 4) is 11.1 Å². The number of fused-ring (bicyclic) bond motifs is 5. The average Bonchev–Trinajstić information content (AvgIpc) is 3.78. The third-order valence-corrected chi connectivity index (χ3v) is 12.8. The Bertz CT molecular complexity index is 2130. The fourth-order valence-corrected chi connectivity index (χ4v) is 9.41. The van der Waals surface area contributed by atoms with Crippen LogP contribution >= 0.6 is 0 Å². The van der Waals surface area contributed by atoms with Gasteiger partial charge in [-0.3, -0.25) is 6.08 Å². The molecule has 0 bridgehead atoms. The number of hydrogen-bond acceptors (Lipinski definition) is 0. The van der Waals surface area contributed by atoms with Gasteiger partial charge in [-0.25, -0.2) is 11.6 Å². The number of halogens is 2. The SMILES string of the molecule is CC1=[C-]C(C)(C)c2cc3c(cc21)-c1cc2c(cc1C3)C(C)(C)C=C2C.CCc1[cH-]c(C)cc1C(C)(C)C.Cc1ccc([C](=[Zr+2])c2ccc(C)cc2)cc1.[Cl-].[Cl-]. The van der Waals surface area contributed by atoms with Gasteiger partial charge >= 0.3 is 112 Å². The summed E-state index contributed by atoms with van der Waals surface area (Å²) in [6, 6.07) is 32.0.